The minimum Gasteiger partial charge on any atom is -0.390 e. The zero-order valence-corrected chi connectivity index (χ0v) is 6.54. The lowest BCUT2D eigenvalue weighted by Crippen LogP contribution is -2.03. The third kappa shape index (κ3) is 2.20. The van der Waals surface area contributed by atoms with Gasteiger partial charge in [0.15, 0.2) is 0 Å². The van der Waals surface area contributed by atoms with Gasteiger partial charge in [-0.3, -0.25) is 4.99 Å². The summed E-state index contributed by atoms with van der Waals surface area (Å²) in [4.78, 5) is 4.10. The fourth-order valence-electron chi connectivity index (χ4n) is 0.856. The van der Waals surface area contributed by atoms with E-state index in [4.69, 9.17) is 5.11 Å². The first kappa shape index (κ1) is 8.01. The van der Waals surface area contributed by atoms with E-state index in [-0.39, 0.29) is 6.61 Å². The number of hydrogen-bond donors (Lipinski definition) is 2. The number of aliphatic hydroxyl groups is 1. The molecule has 0 saturated carbocycles. The first-order valence-corrected chi connectivity index (χ1v) is 3.57. The molecule has 1 heterocycles. The molecule has 1 aliphatic rings. The van der Waals surface area contributed by atoms with Crippen LogP contribution in [0.2, 0.25) is 0 Å². The fraction of sp³-hybridized carbons (Fsp3) is 0.375. The highest BCUT2D eigenvalue weighted by atomic mass is 16.3. The lowest BCUT2D eigenvalue weighted by molar-refractivity contribution is 0.358. The second kappa shape index (κ2) is 3.93. The van der Waals surface area contributed by atoms with Gasteiger partial charge >= 0.3 is 0 Å². The summed E-state index contributed by atoms with van der Waals surface area (Å²) in [5, 5.41) is 11.8. The molecule has 0 fully saturated rings. The first-order valence-electron chi connectivity index (χ1n) is 3.57. The van der Waals surface area contributed by atoms with E-state index >= 15 is 0 Å². The molecule has 0 aromatic heterocycles. The standard InChI is InChI=1S/C8H12N2O/c1-9-7-2-3-8(6-11)10-5-4-7/h2-4,9,11H,5-6H2,1H3. The quantitative estimate of drug-likeness (QED) is 0.589. The van der Waals surface area contributed by atoms with Crippen LogP contribution in [-0.4, -0.2) is 31.0 Å². The predicted molar refractivity (Wildman–Crippen MR) is 45.7 cm³/mol. The summed E-state index contributed by atoms with van der Waals surface area (Å²) < 4.78 is 0. The van der Waals surface area contributed by atoms with E-state index in [9.17, 15) is 0 Å². The Hall–Kier alpha value is -1.09. The Morgan fingerprint density at radius 3 is 3.09 bits per heavy atom. The van der Waals surface area contributed by atoms with Gasteiger partial charge < -0.3 is 10.4 Å². The second-order valence-electron chi connectivity index (χ2n) is 2.23. The number of likely N-dealkylation sites (N-methyl/N-ethyl adjacent to an activating group) is 1. The van der Waals surface area contributed by atoms with Crippen molar-refractivity contribution in [3.8, 4) is 0 Å². The Bertz CT molecular complexity index is 194. The number of hydrogen-bond acceptors (Lipinski definition) is 3. The molecule has 3 nitrogen and oxygen atoms in total. The molecule has 0 aliphatic carbocycles. The van der Waals surface area contributed by atoms with Crippen molar-refractivity contribution in [3.63, 3.8) is 0 Å². The molecule has 11 heavy (non-hydrogen) atoms. The molecule has 0 saturated heterocycles. The SMILES string of the molecule is CNC1=CCN=C(CO)C=C1. The van der Waals surface area contributed by atoms with Crippen molar-refractivity contribution in [3.05, 3.63) is 23.9 Å². The van der Waals surface area contributed by atoms with E-state index < -0.39 is 0 Å². The minimum atomic E-state index is 0.0152. The van der Waals surface area contributed by atoms with E-state index in [1.807, 2.05) is 25.3 Å². The molecular weight excluding hydrogens is 140 g/mol. The number of nitrogens with one attached hydrogen (secondary N) is 1. The van der Waals surface area contributed by atoms with Crippen LogP contribution < -0.4 is 5.32 Å². The number of rotatable bonds is 2. The molecule has 0 bridgehead atoms. The van der Waals surface area contributed by atoms with Gasteiger partial charge in [0.05, 0.1) is 18.9 Å². The number of aliphatic hydroxyl groups excluding tert-OH is 1. The van der Waals surface area contributed by atoms with Crippen molar-refractivity contribution in [2.45, 2.75) is 0 Å². The normalized spacial score (nSPS) is 16.9. The zero-order valence-electron chi connectivity index (χ0n) is 6.54. The number of aliphatic imine (C=N–C) groups is 1. The number of allylic oxidation sites excluding steroid dienone is 1. The smallest absolute Gasteiger partial charge is 0.0848 e. The third-order valence-electron chi connectivity index (χ3n) is 1.51. The summed E-state index contributed by atoms with van der Waals surface area (Å²) in [6, 6.07) is 0. The van der Waals surface area contributed by atoms with Gasteiger partial charge in [0.25, 0.3) is 0 Å². The predicted octanol–water partition coefficient (Wildman–Crippen LogP) is 0.0928. The van der Waals surface area contributed by atoms with Crippen molar-refractivity contribution < 1.29 is 5.11 Å². The maximum absolute atomic E-state index is 8.75. The maximum atomic E-state index is 8.75. The van der Waals surface area contributed by atoms with Crippen LogP contribution in [0.15, 0.2) is 28.9 Å². The lowest BCUT2D eigenvalue weighted by atomic mass is 10.3. The Morgan fingerprint density at radius 2 is 2.45 bits per heavy atom. The van der Waals surface area contributed by atoms with Crippen LogP contribution in [0.4, 0.5) is 0 Å². The lowest BCUT2D eigenvalue weighted by Gasteiger charge is -1.95. The molecule has 0 aromatic carbocycles. The van der Waals surface area contributed by atoms with Crippen LogP contribution >= 0.6 is 0 Å². The summed E-state index contributed by atoms with van der Waals surface area (Å²) >= 11 is 0. The minimum absolute atomic E-state index is 0.0152. The van der Waals surface area contributed by atoms with E-state index in [2.05, 4.69) is 10.3 Å². The topological polar surface area (TPSA) is 44.6 Å². The van der Waals surface area contributed by atoms with Crippen molar-refractivity contribution in [2.24, 2.45) is 4.99 Å². The van der Waals surface area contributed by atoms with Gasteiger partial charge in [0.1, 0.15) is 0 Å². The molecule has 0 unspecified atom stereocenters. The van der Waals surface area contributed by atoms with Gasteiger partial charge in [-0.2, -0.15) is 0 Å². The highest BCUT2D eigenvalue weighted by Crippen LogP contribution is 1.97. The molecule has 0 spiro atoms. The molecule has 2 N–H and O–H groups in total. The van der Waals surface area contributed by atoms with Gasteiger partial charge in [0, 0.05) is 12.7 Å². The fourth-order valence-corrected chi connectivity index (χ4v) is 0.856. The first-order chi connectivity index (χ1) is 5.36. The Kier molecular flexibility index (Phi) is 2.86. The largest absolute Gasteiger partial charge is 0.390 e. The summed E-state index contributed by atoms with van der Waals surface area (Å²) in [7, 11) is 1.86. The number of nitrogens with zero attached hydrogens (tertiary/aromatic N) is 1. The molecule has 0 atom stereocenters. The van der Waals surface area contributed by atoms with Gasteiger partial charge in [-0.1, -0.05) is 0 Å². The maximum Gasteiger partial charge on any atom is 0.0848 e. The second-order valence-corrected chi connectivity index (χ2v) is 2.23. The van der Waals surface area contributed by atoms with E-state index in [0.29, 0.717) is 6.54 Å². The highest BCUT2D eigenvalue weighted by molar-refractivity contribution is 5.96. The van der Waals surface area contributed by atoms with Crippen molar-refractivity contribution in [1.82, 2.24) is 5.32 Å². The molecule has 60 valence electrons. The Balaban J connectivity index is 2.66. The van der Waals surface area contributed by atoms with Gasteiger partial charge in [0.2, 0.25) is 0 Å². The summed E-state index contributed by atoms with van der Waals surface area (Å²) in [5.74, 6) is 0. The van der Waals surface area contributed by atoms with Gasteiger partial charge in [-0.25, -0.2) is 0 Å². The van der Waals surface area contributed by atoms with E-state index in [1.54, 1.807) is 0 Å². The monoisotopic (exact) mass is 152 g/mol. The van der Waals surface area contributed by atoms with Crippen LogP contribution in [0, 0.1) is 0 Å². The average molecular weight is 152 g/mol. The van der Waals surface area contributed by atoms with Gasteiger partial charge in [-0.05, 0) is 18.2 Å². The van der Waals surface area contributed by atoms with Gasteiger partial charge in [-0.15, -0.1) is 0 Å². The van der Waals surface area contributed by atoms with Crippen LogP contribution in [-0.2, 0) is 0 Å². The molecule has 0 radical (unpaired) electrons. The Labute approximate surface area is 66.1 Å². The van der Waals surface area contributed by atoms with Crippen LogP contribution in [0.3, 0.4) is 0 Å². The zero-order chi connectivity index (χ0) is 8.10. The Morgan fingerprint density at radius 1 is 1.64 bits per heavy atom. The van der Waals surface area contributed by atoms with Crippen molar-refractivity contribution in [2.75, 3.05) is 20.2 Å². The van der Waals surface area contributed by atoms with Crippen molar-refractivity contribution in [1.29, 1.82) is 0 Å². The molecule has 1 aliphatic heterocycles. The van der Waals surface area contributed by atoms with E-state index in [0.717, 1.165) is 11.4 Å². The van der Waals surface area contributed by atoms with Crippen LogP contribution in [0.25, 0.3) is 0 Å². The molecule has 0 amide bonds. The molecule has 3 heteroatoms. The molecule has 1 rings (SSSR count). The van der Waals surface area contributed by atoms with Crippen LogP contribution in [0.1, 0.15) is 0 Å². The summed E-state index contributed by atoms with van der Waals surface area (Å²) in [6.45, 7) is 0.653. The van der Waals surface area contributed by atoms with Crippen LogP contribution in [0.5, 0.6) is 0 Å². The highest BCUT2D eigenvalue weighted by Gasteiger charge is 1.95. The summed E-state index contributed by atoms with van der Waals surface area (Å²) in [5.41, 5.74) is 1.77. The average Bonchev–Trinajstić information content (AvgIpc) is 2.28. The summed E-state index contributed by atoms with van der Waals surface area (Å²) in [6.07, 6.45) is 5.69. The molecular formula is C8H12N2O. The van der Waals surface area contributed by atoms with Crippen molar-refractivity contribution >= 4 is 5.71 Å². The third-order valence-corrected chi connectivity index (χ3v) is 1.51. The van der Waals surface area contributed by atoms with E-state index in [1.165, 1.54) is 0 Å². The molecule has 0 aromatic rings.